The Hall–Kier alpha value is -1.49. The zero-order chi connectivity index (χ0) is 13.1. The van der Waals surface area contributed by atoms with Crippen molar-refractivity contribution in [2.45, 2.75) is 19.9 Å². The molecule has 0 aliphatic rings. The fraction of sp³-hybridized carbons (Fsp3) is 0.308. The monoisotopic (exact) mass is 309 g/mol. The van der Waals surface area contributed by atoms with Crippen molar-refractivity contribution in [3.63, 3.8) is 0 Å². The number of phenols is 1. The summed E-state index contributed by atoms with van der Waals surface area (Å²) >= 11 is 3.40. The molecule has 18 heavy (non-hydrogen) atoms. The number of aryl methyl sites for hydroxylation is 2. The van der Waals surface area contributed by atoms with Gasteiger partial charge in [0.1, 0.15) is 5.75 Å². The summed E-state index contributed by atoms with van der Waals surface area (Å²) in [6.45, 7) is 2.65. The summed E-state index contributed by atoms with van der Waals surface area (Å²) in [7, 11) is 1.90. The van der Waals surface area contributed by atoms with Crippen LogP contribution in [0.5, 0.6) is 5.75 Å². The maximum Gasteiger partial charge on any atom is 0.120 e. The maximum absolute atomic E-state index is 9.76. The first-order valence-corrected chi connectivity index (χ1v) is 6.63. The number of phenolic OH excluding ortho intramolecular Hbond substituents is 1. The van der Waals surface area contributed by atoms with Gasteiger partial charge in [-0.25, -0.2) is 0 Å². The van der Waals surface area contributed by atoms with Gasteiger partial charge in [0.2, 0.25) is 0 Å². The molecule has 1 heterocycles. The highest BCUT2D eigenvalue weighted by Crippen LogP contribution is 2.23. The fourth-order valence-corrected chi connectivity index (χ4v) is 2.24. The molecule has 0 atom stereocenters. The Kier molecular flexibility index (Phi) is 3.91. The standard InChI is InChI=1S/C13H16BrN3O/c1-3-11-12(8-17(2)16-11)15-7-9-6-10(14)4-5-13(9)18/h4-6,8,15,18H,3,7H2,1-2H3. The van der Waals surface area contributed by atoms with Gasteiger partial charge >= 0.3 is 0 Å². The largest absolute Gasteiger partial charge is 0.508 e. The molecule has 2 aromatic rings. The number of nitrogens with one attached hydrogen (secondary N) is 1. The second-order valence-corrected chi connectivity index (χ2v) is 5.06. The van der Waals surface area contributed by atoms with Crippen LogP contribution in [0.2, 0.25) is 0 Å². The molecule has 0 fully saturated rings. The van der Waals surface area contributed by atoms with Gasteiger partial charge in [0.15, 0.2) is 0 Å². The Morgan fingerprint density at radius 1 is 1.44 bits per heavy atom. The van der Waals surface area contributed by atoms with Crippen molar-refractivity contribution >= 4 is 21.6 Å². The summed E-state index contributed by atoms with van der Waals surface area (Å²) in [6, 6.07) is 5.41. The van der Waals surface area contributed by atoms with E-state index in [9.17, 15) is 5.11 Å². The SMILES string of the molecule is CCc1nn(C)cc1NCc1cc(Br)ccc1O. The van der Waals surface area contributed by atoms with Gasteiger partial charge in [0, 0.05) is 29.8 Å². The van der Waals surface area contributed by atoms with E-state index in [1.54, 1.807) is 10.7 Å². The van der Waals surface area contributed by atoms with Gasteiger partial charge in [-0.15, -0.1) is 0 Å². The molecule has 0 bridgehead atoms. The lowest BCUT2D eigenvalue weighted by Crippen LogP contribution is -2.01. The van der Waals surface area contributed by atoms with Gasteiger partial charge in [-0.2, -0.15) is 5.10 Å². The summed E-state index contributed by atoms with van der Waals surface area (Å²) in [4.78, 5) is 0. The third kappa shape index (κ3) is 2.85. The van der Waals surface area contributed by atoms with Crippen LogP contribution in [0, 0.1) is 0 Å². The first-order chi connectivity index (χ1) is 8.60. The number of aromatic nitrogens is 2. The Morgan fingerprint density at radius 2 is 2.22 bits per heavy atom. The molecule has 0 spiro atoms. The lowest BCUT2D eigenvalue weighted by Gasteiger charge is -2.08. The number of nitrogens with zero attached hydrogens (tertiary/aromatic N) is 2. The van der Waals surface area contributed by atoms with Crippen LogP contribution in [0.3, 0.4) is 0 Å². The minimum atomic E-state index is 0.299. The third-order valence-corrected chi connectivity index (χ3v) is 3.24. The smallest absolute Gasteiger partial charge is 0.120 e. The molecule has 2 rings (SSSR count). The molecule has 1 aromatic heterocycles. The Morgan fingerprint density at radius 3 is 2.94 bits per heavy atom. The number of halogens is 1. The van der Waals surface area contributed by atoms with E-state index in [0.29, 0.717) is 12.3 Å². The summed E-state index contributed by atoms with van der Waals surface area (Å²) in [6.07, 6.45) is 2.83. The molecule has 0 amide bonds. The molecule has 2 N–H and O–H groups in total. The van der Waals surface area contributed by atoms with E-state index in [1.807, 2.05) is 25.4 Å². The van der Waals surface area contributed by atoms with Crippen LogP contribution < -0.4 is 5.32 Å². The number of hydrogen-bond acceptors (Lipinski definition) is 3. The quantitative estimate of drug-likeness (QED) is 0.912. The van der Waals surface area contributed by atoms with E-state index in [0.717, 1.165) is 27.8 Å². The fourth-order valence-electron chi connectivity index (χ4n) is 1.83. The van der Waals surface area contributed by atoms with Crippen molar-refractivity contribution in [1.29, 1.82) is 0 Å². The number of hydrogen-bond donors (Lipinski definition) is 2. The maximum atomic E-state index is 9.76. The summed E-state index contributed by atoms with van der Waals surface area (Å²) < 4.78 is 2.75. The minimum Gasteiger partial charge on any atom is -0.508 e. The van der Waals surface area contributed by atoms with Gasteiger partial charge in [-0.3, -0.25) is 4.68 Å². The van der Waals surface area contributed by atoms with Crippen molar-refractivity contribution in [1.82, 2.24) is 9.78 Å². The third-order valence-electron chi connectivity index (χ3n) is 2.75. The van der Waals surface area contributed by atoms with Gasteiger partial charge in [-0.05, 0) is 24.6 Å². The molecule has 5 heteroatoms. The Balaban J connectivity index is 2.13. The molecule has 0 saturated carbocycles. The zero-order valence-electron chi connectivity index (χ0n) is 10.4. The Bertz CT molecular complexity index is 551. The first kappa shape index (κ1) is 13.0. The highest BCUT2D eigenvalue weighted by Gasteiger charge is 2.07. The van der Waals surface area contributed by atoms with Gasteiger partial charge in [0.25, 0.3) is 0 Å². The minimum absolute atomic E-state index is 0.299. The molecular formula is C13H16BrN3O. The molecule has 0 radical (unpaired) electrons. The lowest BCUT2D eigenvalue weighted by molar-refractivity contribution is 0.469. The number of anilines is 1. The highest BCUT2D eigenvalue weighted by atomic mass is 79.9. The van der Waals surface area contributed by atoms with Crippen LogP contribution in [0.4, 0.5) is 5.69 Å². The molecule has 0 aliphatic carbocycles. The predicted molar refractivity (Wildman–Crippen MR) is 75.7 cm³/mol. The van der Waals surface area contributed by atoms with Crippen LogP contribution in [-0.4, -0.2) is 14.9 Å². The summed E-state index contributed by atoms with van der Waals surface area (Å²) in [5.74, 6) is 0.299. The van der Waals surface area contributed by atoms with Crippen molar-refractivity contribution in [3.8, 4) is 5.75 Å². The highest BCUT2D eigenvalue weighted by molar-refractivity contribution is 9.10. The lowest BCUT2D eigenvalue weighted by atomic mass is 10.2. The number of aromatic hydroxyl groups is 1. The molecule has 1 aromatic carbocycles. The molecule has 0 aliphatic heterocycles. The zero-order valence-corrected chi connectivity index (χ0v) is 12.0. The van der Waals surface area contributed by atoms with Crippen LogP contribution in [0.25, 0.3) is 0 Å². The topological polar surface area (TPSA) is 50.1 Å². The van der Waals surface area contributed by atoms with Crippen LogP contribution >= 0.6 is 15.9 Å². The number of rotatable bonds is 4. The van der Waals surface area contributed by atoms with Crippen molar-refractivity contribution in [2.24, 2.45) is 7.05 Å². The normalized spacial score (nSPS) is 10.6. The van der Waals surface area contributed by atoms with Gasteiger partial charge in [-0.1, -0.05) is 22.9 Å². The van der Waals surface area contributed by atoms with E-state index in [1.165, 1.54) is 0 Å². The number of benzene rings is 1. The molecular weight excluding hydrogens is 294 g/mol. The average Bonchev–Trinajstić information content (AvgIpc) is 2.71. The average molecular weight is 310 g/mol. The van der Waals surface area contributed by atoms with E-state index in [4.69, 9.17) is 0 Å². The Labute approximate surface area is 115 Å². The second kappa shape index (κ2) is 5.44. The molecule has 4 nitrogen and oxygen atoms in total. The van der Waals surface area contributed by atoms with Crippen molar-refractivity contribution < 1.29 is 5.11 Å². The van der Waals surface area contributed by atoms with Crippen LogP contribution in [0.15, 0.2) is 28.9 Å². The second-order valence-electron chi connectivity index (χ2n) is 4.14. The molecule has 0 saturated heterocycles. The van der Waals surface area contributed by atoms with E-state index in [-0.39, 0.29) is 0 Å². The van der Waals surface area contributed by atoms with Gasteiger partial charge < -0.3 is 10.4 Å². The van der Waals surface area contributed by atoms with Crippen molar-refractivity contribution in [2.75, 3.05) is 5.32 Å². The van der Waals surface area contributed by atoms with Crippen LogP contribution in [0.1, 0.15) is 18.2 Å². The van der Waals surface area contributed by atoms with E-state index in [2.05, 4.69) is 33.3 Å². The first-order valence-electron chi connectivity index (χ1n) is 5.84. The van der Waals surface area contributed by atoms with Gasteiger partial charge in [0.05, 0.1) is 11.4 Å². The molecule has 0 unspecified atom stereocenters. The van der Waals surface area contributed by atoms with Crippen molar-refractivity contribution in [3.05, 3.63) is 40.1 Å². The summed E-state index contributed by atoms with van der Waals surface area (Å²) in [5, 5.41) is 17.4. The summed E-state index contributed by atoms with van der Waals surface area (Å²) in [5.41, 5.74) is 2.90. The van der Waals surface area contributed by atoms with E-state index < -0.39 is 0 Å². The predicted octanol–water partition coefficient (Wildman–Crippen LogP) is 3.06. The molecule has 96 valence electrons. The van der Waals surface area contributed by atoms with Crippen LogP contribution in [-0.2, 0) is 20.0 Å². The van der Waals surface area contributed by atoms with E-state index >= 15 is 0 Å².